The van der Waals surface area contributed by atoms with Gasteiger partial charge in [0.05, 0.1) is 17.9 Å². The fraction of sp³-hybridized carbons (Fsp3) is 0.158. The highest BCUT2D eigenvalue weighted by Crippen LogP contribution is 2.12. The van der Waals surface area contributed by atoms with Crippen LogP contribution >= 0.6 is 11.6 Å². The molecule has 0 saturated carbocycles. The number of nitrogens with zero attached hydrogens (tertiary/aromatic N) is 3. The van der Waals surface area contributed by atoms with Gasteiger partial charge in [0.25, 0.3) is 5.91 Å². The molecule has 8 heteroatoms. The number of halogens is 1. The molecule has 0 aliphatic heterocycles. The van der Waals surface area contributed by atoms with Crippen molar-refractivity contribution in [2.24, 2.45) is 0 Å². The maximum absolute atomic E-state index is 12.4. The number of nitrogens with one attached hydrogen (secondary N) is 2. The lowest BCUT2D eigenvalue weighted by atomic mass is 10.1. The summed E-state index contributed by atoms with van der Waals surface area (Å²) >= 11 is 5.58. The van der Waals surface area contributed by atoms with Gasteiger partial charge < -0.3 is 10.6 Å². The van der Waals surface area contributed by atoms with Gasteiger partial charge in [-0.15, -0.1) is 16.7 Å². The molecule has 0 aliphatic rings. The molecule has 2 amide bonds. The number of carbonyl (C=O) groups excluding carboxylic acids is 2. The summed E-state index contributed by atoms with van der Waals surface area (Å²) in [7, 11) is 0. The van der Waals surface area contributed by atoms with Gasteiger partial charge in [-0.1, -0.05) is 48.5 Å². The Balaban J connectivity index is 1.67. The zero-order chi connectivity index (χ0) is 19.1. The van der Waals surface area contributed by atoms with Crippen molar-refractivity contribution in [1.82, 2.24) is 25.6 Å². The van der Waals surface area contributed by atoms with Crippen molar-refractivity contribution in [1.29, 1.82) is 0 Å². The van der Waals surface area contributed by atoms with E-state index in [1.807, 2.05) is 60.7 Å². The summed E-state index contributed by atoms with van der Waals surface area (Å²) in [5.41, 5.74) is 1.81. The number of alkyl halides is 1. The Hall–Kier alpha value is -3.19. The van der Waals surface area contributed by atoms with Crippen molar-refractivity contribution in [2.45, 2.75) is 6.04 Å². The van der Waals surface area contributed by atoms with E-state index in [1.54, 1.807) is 0 Å². The zero-order valence-electron chi connectivity index (χ0n) is 14.4. The van der Waals surface area contributed by atoms with E-state index in [1.165, 1.54) is 11.0 Å². The van der Waals surface area contributed by atoms with Gasteiger partial charge in [0.2, 0.25) is 5.91 Å². The number of amides is 2. The molecule has 0 radical (unpaired) electrons. The molecule has 0 fully saturated rings. The molecule has 7 nitrogen and oxygen atoms in total. The number of rotatable bonds is 7. The Morgan fingerprint density at radius 1 is 1.04 bits per heavy atom. The van der Waals surface area contributed by atoms with Crippen LogP contribution in [0.1, 0.15) is 22.1 Å². The number of carbonyl (C=O) groups is 2. The van der Waals surface area contributed by atoms with Crippen LogP contribution in [-0.2, 0) is 4.79 Å². The van der Waals surface area contributed by atoms with Crippen molar-refractivity contribution in [2.75, 3.05) is 12.4 Å². The van der Waals surface area contributed by atoms with Crippen molar-refractivity contribution < 1.29 is 9.59 Å². The van der Waals surface area contributed by atoms with Gasteiger partial charge in [0.1, 0.15) is 5.88 Å². The molecule has 1 atom stereocenters. The van der Waals surface area contributed by atoms with Gasteiger partial charge in [0, 0.05) is 6.54 Å². The first kappa shape index (κ1) is 18.6. The van der Waals surface area contributed by atoms with Crippen LogP contribution in [0, 0.1) is 0 Å². The second-order valence-electron chi connectivity index (χ2n) is 5.73. The van der Waals surface area contributed by atoms with Crippen LogP contribution in [0.5, 0.6) is 0 Å². The molecule has 0 aliphatic carbocycles. The minimum Gasteiger partial charge on any atom is -0.348 e. The van der Waals surface area contributed by atoms with E-state index in [0.717, 1.165) is 11.3 Å². The maximum Gasteiger partial charge on any atom is 0.273 e. The fourth-order valence-electron chi connectivity index (χ4n) is 2.51. The predicted octanol–water partition coefficient (Wildman–Crippen LogP) is 2.09. The van der Waals surface area contributed by atoms with E-state index in [4.69, 9.17) is 11.6 Å². The lowest BCUT2D eigenvalue weighted by Crippen LogP contribution is -2.38. The quantitative estimate of drug-likeness (QED) is 0.611. The molecule has 0 spiro atoms. The summed E-state index contributed by atoms with van der Waals surface area (Å²) in [6.07, 6.45) is 1.40. The van der Waals surface area contributed by atoms with E-state index in [9.17, 15) is 9.59 Å². The summed E-state index contributed by atoms with van der Waals surface area (Å²) in [4.78, 5) is 25.5. The highest BCUT2D eigenvalue weighted by atomic mass is 35.5. The standard InChI is InChI=1S/C19H18ClN5O2/c20-11-18(26)23-16(14-7-3-1-4-8-14)12-21-19(27)17-13-22-25(24-17)15-9-5-2-6-10-15/h1-10,13,16H,11-12H2,(H,21,27)(H,23,26). The lowest BCUT2D eigenvalue weighted by molar-refractivity contribution is -0.119. The summed E-state index contributed by atoms with van der Waals surface area (Å²) in [6, 6.07) is 18.3. The third-order valence-corrected chi connectivity index (χ3v) is 4.08. The monoisotopic (exact) mass is 383 g/mol. The van der Waals surface area contributed by atoms with Crippen molar-refractivity contribution in [3.8, 4) is 5.69 Å². The number of aromatic nitrogens is 3. The molecular weight excluding hydrogens is 366 g/mol. The molecule has 3 rings (SSSR count). The van der Waals surface area contributed by atoms with Crippen LogP contribution in [0.3, 0.4) is 0 Å². The first-order chi connectivity index (χ1) is 13.2. The molecule has 2 aromatic carbocycles. The van der Waals surface area contributed by atoms with E-state index >= 15 is 0 Å². The van der Waals surface area contributed by atoms with Crippen LogP contribution in [0.25, 0.3) is 5.69 Å². The zero-order valence-corrected chi connectivity index (χ0v) is 15.1. The van der Waals surface area contributed by atoms with Crippen LogP contribution < -0.4 is 10.6 Å². The average Bonchev–Trinajstić information content (AvgIpc) is 3.22. The third kappa shape index (κ3) is 4.92. The number of benzene rings is 2. The predicted molar refractivity (Wildman–Crippen MR) is 102 cm³/mol. The average molecular weight is 384 g/mol. The second kappa shape index (κ2) is 8.95. The Morgan fingerprint density at radius 2 is 1.70 bits per heavy atom. The first-order valence-corrected chi connectivity index (χ1v) is 8.87. The van der Waals surface area contributed by atoms with Gasteiger partial charge in [0.15, 0.2) is 5.69 Å². The minimum absolute atomic E-state index is 0.150. The fourth-order valence-corrected chi connectivity index (χ4v) is 2.59. The van der Waals surface area contributed by atoms with E-state index in [0.29, 0.717) is 0 Å². The normalized spacial score (nSPS) is 11.6. The third-order valence-electron chi connectivity index (χ3n) is 3.84. The van der Waals surface area contributed by atoms with Crippen molar-refractivity contribution in [3.05, 3.63) is 78.1 Å². The van der Waals surface area contributed by atoms with Gasteiger partial charge in [-0.05, 0) is 17.7 Å². The van der Waals surface area contributed by atoms with Crippen molar-refractivity contribution >= 4 is 23.4 Å². The highest BCUT2D eigenvalue weighted by Gasteiger charge is 2.17. The van der Waals surface area contributed by atoms with Crippen LogP contribution in [-0.4, -0.2) is 39.2 Å². The maximum atomic E-state index is 12.4. The molecule has 1 heterocycles. The molecule has 1 unspecified atom stereocenters. The molecule has 27 heavy (non-hydrogen) atoms. The van der Waals surface area contributed by atoms with E-state index in [-0.39, 0.29) is 29.9 Å². The molecule has 2 N–H and O–H groups in total. The van der Waals surface area contributed by atoms with E-state index in [2.05, 4.69) is 20.8 Å². The van der Waals surface area contributed by atoms with Crippen LogP contribution in [0.4, 0.5) is 0 Å². The summed E-state index contributed by atoms with van der Waals surface area (Å²) < 4.78 is 0. The van der Waals surface area contributed by atoms with Crippen LogP contribution in [0.15, 0.2) is 66.9 Å². The molecule has 0 bridgehead atoms. The minimum atomic E-state index is -0.398. The number of para-hydroxylation sites is 1. The topological polar surface area (TPSA) is 88.9 Å². The van der Waals surface area contributed by atoms with Gasteiger partial charge in [-0.2, -0.15) is 9.90 Å². The van der Waals surface area contributed by atoms with E-state index < -0.39 is 6.04 Å². The summed E-state index contributed by atoms with van der Waals surface area (Å²) in [5, 5.41) is 13.9. The number of hydrogen-bond donors (Lipinski definition) is 2. The molecule has 3 aromatic rings. The molecule has 0 saturated heterocycles. The Bertz CT molecular complexity index is 899. The molecule has 138 valence electrons. The first-order valence-electron chi connectivity index (χ1n) is 8.33. The van der Waals surface area contributed by atoms with Gasteiger partial charge in [-0.25, -0.2) is 0 Å². The Kier molecular flexibility index (Phi) is 6.17. The number of hydrogen-bond acceptors (Lipinski definition) is 4. The van der Waals surface area contributed by atoms with Crippen LogP contribution in [0.2, 0.25) is 0 Å². The van der Waals surface area contributed by atoms with Crippen molar-refractivity contribution in [3.63, 3.8) is 0 Å². The SMILES string of the molecule is O=C(CCl)NC(CNC(=O)c1cnn(-c2ccccc2)n1)c1ccccc1. The van der Waals surface area contributed by atoms with Gasteiger partial charge >= 0.3 is 0 Å². The second-order valence-corrected chi connectivity index (χ2v) is 6.00. The Labute approximate surface area is 161 Å². The summed E-state index contributed by atoms with van der Waals surface area (Å²) in [5.74, 6) is -0.837. The highest BCUT2D eigenvalue weighted by molar-refractivity contribution is 6.27. The summed E-state index contributed by atoms with van der Waals surface area (Å²) in [6.45, 7) is 0.198. The smallest absolute Gasteiger partial charge is 0.273 e. The van der Waals surface area contributed by atoms with Gasteiger partial charge in [-0.3, -0.25) is 9.59 Å². The molecular formula is C19H18ClN5O2. The molecule has 1 aromatic heterocycles. The Morgan fingerprint density at radius 3 is 2.37 bits per heavy atom. The largest absolute Gasteiger partial charge is 0.348 e. The lowest BCUT2D eigenvalue weighted by Gasteiger charge is -2.19.